The Morgan fingerprint density at radius 1 is 1.37 bits per heavy atom. The number of thiophene rings is 1. The molecule has 0 amide bonds. The molecule has 102 valence electrons. The second kappa shape index (κ2) is 5.64. The van der Waals surface area contributed by atoms with Gasteiger partial charge in [-0.1, -0.05) is 11.8 Å². The fourth-order valence-corrected chi connectivity index (χ4v) is 4.23. The third-order valence-electron chi connectivity index (χ3n) is 4.26. The summed E-state index contributed by atoms with van der Waals surface area (Å²) >= 11 is 1.78. The van der Waals surface area contributed by atoms with Gasteiger partial charge in [0, 0.05) is 29.1 Å². The van der Waals surface area contributed by atoms with E-state index in [0.29, 0.717) is 18.6 Å². The molecule has 1 aromatic rings. The van der Waals surface area contributed by atoms with E-state index in [9.17, 15) is 5.11 Å². The van der Waals surface area contributed by atoms with Gasteiger partial charge in [0.1, 0.15) is 0 Å². The third-order valence-corrected chi connectivity index (χ3v) is 5.16. The van der Waals surface area contributed by atoms with Gasteiger partial charge in [0.15, 0.2) is 0 Å². The maximum absolute atomic E-state index is 9.84. The predicted octanol–water partition coefficient (Wildman–Crippen LogP) is 1.55. The summed E-state index contributed by atoms with van der Waals surface area (Å²) in [7, 11) is 0. The molecule has 0 aromatic carbocycles. The lowest BCUT2D eigenvalue weighted by Crippen LogP contribution is -2.43. The van der Waals surface area contributed by atoms with Crippen LogP contribution in [-0.2, 0) is 6.54 Å². The second-order valence-corrected chi connectivity index (χ2v) is 6.45. The molecule has 19 heavy (non-hydrogen) atoms. The molecule has 3 nitrogen and oxygen atoms in total. The maximum Gasteiger partial charge on any atom is 0.0570 e. The summed E-state index contributed by atoms with van der Waals surface area (Å²) < 4.78 is 0. The van der Waals surface area contributed by atoms with Crippen LogP contribution in [-0.4, -0.2) is 34.7 Å². The monoisotopic (exact) mass is 276 g/mol. The molecule has 2 saturated heterocycles. The lowest BCUT2D eigenvalue weighted by molar-refractivity contribution is 0.0315. The summed E-state index contributed by atoms with van der Waals surface area (Å²) in [6.07, 6.45) is 4.25. The Bertz CT molecular complexity index is 488. The molecule has 3 heterocycles. The highest BCUT2D eigenvalue weighted by molar-refractivity contribution is 7.10. The molecule has 3 N–H and O–H groups in total. The molecular formula is C15H20N2OS. The van der Waals surface area contributed by atoms with Gasteiger partial charge in [0.2, 0.25) is 0 Å². The first-order valence-corrected chi connectivity index (χ1v) is 7.85. The van der Waals surface area contributed by atoms with Crippen LogP contribution in [0.1, 0.15) is 36.1 Å². The molecule has 2 unspecified atom stereocenters. The standard InChI is InChI=1S/C15H20N2OS/c16-6-1-2-11-5-7-19-15(11)10-17-12-3-4-13(17)9-14(18)8-12/h5,7,12-14,18H,3-4,6,8-10,16H2. The zero-order valence-electron chi connectivity index (χ0n) is 11.0. The number of hydrogen-bond donors (Lipinski definition) is 2. The molecule has 0 aliphatic carbocycles. The van der Waals surface area contributed by atoms with Crippen LogP contribution in [0.25, 0.3) is 0 Å². The van der Waals surface area contributed by atoms with Crippen molar-refractivity contribution in [2.75, 3.05) is 6.54 Å². The van der Waals surface area contributed by atoms with Crippen molar-refractivity contribution in [2.24, 2.45) is 5.73 Å². The summed E-state index contributed by atoms with van der Waals surface area (Å²) in [4.78, 5) is 3.92. The third kappa shape index (κ3) is 2.70. The molecular weight excluding hydrogens is 256 g/mol. The van der Waals surface area contributed by atoms with Gasteiger partial charge >= 0.3 is 0 Å². The number of rotatable bonds is 2. The molecule has 0 saturated carbocycles. The Kier molecular flexibility index (Phi) is 3.90. The molecule has 4 heteroatoms. The zero-order valence-corrected chi connectivity index (χ0v) is 11.8. The topological polar surface area (TPSA) is 49.5 Å². The van der Waals surface area contributed by atoms with Crippen molar-refractivity contribution in [3.63, 3.8) is 0 Å². The summed E-state index contributed by atoms with van der Waals surface area (Å²) in [5.41, 5.74) is 6.57. The van der Waals surface area contributed by atoms with E-state index >= 15 is 0 Å². The van der Waals surface area contributed by atoms with Crippen LogP contribution in [0.5, 0.6) is 0 Å². The van der Waals surface area contributed by atoms with Gasteiger partial charge in [0.05, 0.1) is 12.6 Å². The van der Waals surface area contributed by atoms with Gasteiger partial charge in [-0.05, 0) is 37.1 Å². The van der Waals surface area contributed by atoms with Crippen molar-refractivity contribution in [2.45, 2.75) is 50.4 Å². The van der Waals surface area contributed by atoms with Crippen molar-refractivity contribution in [3.8, 4) is 11.8 Å². The van der Waals surface area contributed by atoms with Gasteiger partial charge in [0.25, 0.3) is 0 Å². The van der Waals surface area contributed by atoms with Crippen molar-refractivity contribution >= 4 is 11.3 Å². The number of fused-ring (bicyclic) bond motifs is 2. The summed E-state index contributed by atoms with van der Waals surface area (Å²) in [6.45, 7) is 1.39. The van der Waals surface area contributed by atoms with Crippen LogP contribution in [0.4, 0.5) is 0 Å². The number of nitrogens with zero attached hydrogens (tertiary/aromatic N) is 1. The van der Waals surface area contributed by atoms with Crippen LogP contribution in [0, 0.1) is 11.8 Å². The molecule has 3 rings (SSSR count). The predicted molar refractivity (Wildman–Crippen MR) is 77.8 cm³/mol. The first kappa shape index (κ1) is 13.1. The highest BCUT2D eigenvalue weighted by Crippen LogP contribution is 2.37. The lowest BCUT2D eigenvalue weighted by atomic mass is 9.99. The van der Waals surface area contributed by atoms with E-state index in [1.165, 1.54) is 17.7 Å². The smallest absolute Gasteiger partial charge is 0.0570 e. The van der Waals surface area contributed by atoms with Crippen LogP contribution < -0.4 is 5.73 Å². The molecule has 2 aliphatic heterocycles. The van der Waals surface area contributed by atoms with Gasteiger partial charge in [-0.25, -0.2) is 0 Å². The maximum atomic E-state index is 9.84. The molecule has 2 fully saturated rings. The van der Waals surface area contributed by atoms with E-state index in [-0.39, 0.29) is 6.10 Å². The van der Waals surface area contributed by atoms with E-state index < -0.39 is 0 Å². The van der Waals surface area contributed by atoms with E-state index in [4.69, 9.17) is 5.73 Å². The summed E-state index contributed by atoms with van der Waals surface area (Å²) in [6, 6.07) is 3.21. The van der Waals surface area contributed by atoms with E-state index in [0.717, 1.165) is 24.9 Å². The van der Waals surface area contributed by atoms with Gasteiger partial charge in [-0.2, -0.15) is 0 Å². The number of aliphatic hydroxyl groups is 1. The first-order valence-electron chi connectivity index (χ1n) is 6.97. The first-order chi connectivity index (χ1) is 9.28. The average molecular weight is 276 g/mol. The van der Waals surface area contributed by atoms with Crippen molar-refractivity contribution in [3.05, 3.63) is 21.9 Å². The highest BCUT2D eigenvalue weighted by atomic mass is 32.1. The normalized spacial score (nSPS) is 30.1. The van der Waals surface area contributed by atoms with Crippen LogP contribution >= 0.6 is 11.3 Å². The van der Waals surface area contributed by atoms with Gasteiger partial charge in [-0.15, -0.1) is 11.3 Å². The number of hydrogen-bond acceptors (Lipinski definition) is 4. The Morgan fingerprint density at radius 2 is 2.11 bits per heavy atom. The van der Waals surface area contributed by atoms with Crippen LogP contribution in [0.15, 0.2) is 11.4 Å². The Balaban J connectivity index is 1.74. The summed E-state index contributed by atoms with van der Waals surface area (Å²) in [5, 5.41) is 12.0. The van der Waals surface area contributed by atoms with Crippen LogP contribution in [0.2, 0.25) is 0 Å². The molecule has 0 radical (unpaired) electrons. The molecule has 2 bridgehead atoms. The van der Waals surface area contributed by atoms with Gasteiger partial charge in [-0.3, -0.25) is 4.90 Å². The minimum atomic E-state index is -0.0893. The van der Waals surface area contributed by atoms with Crippen molar-refractivity contribution in [1.29, 1.82) is 0 Å². The zero-order chi connectivity index (χ0) is 13.2. The van der Waals surface area contributed by atoms with E-state index in [2.05, 4.69) is 28.2 Å². The quantitative estimate of drug-likeness (QED) is 0.806. The Hall–Kier alpha value is -0.860. The number of nitrogens with two attached hydrogens (primary N) is 1. The fraction of sp³-hybridized carbons (Fsp3) is 0.600. The lowest BCUT2D eigenvalue weighted by Gasteiger charge is -2.36. The number of aliphatic hydroxyl groups excluding tert-OH is 1. The minimum Gasteiger partial charge on any atom is -0.393 e. The molecule has 0 spiro atoms. The minimum absolute atomic E-state index is 0.0893. The van der Waals surface area contributed by atoms with E-state index in [1.54, 1.807) is 11.3 Å². The Labute approximate surface area is 118 Å². The molecule has 2 aliphatic rings. The van der Waals surface area contributed by atoms with Crippen molar-refractivity contribution < 1.29 is 5.11 Å². The molecule has 2 atom stereocenters. The Morgan fingerprint density at radius 3 is 2.79 bits per heavy atom. The highest BCUT2D eigenvalue weighted by Gasteiger charge is 2.40. The molecule has 1 aromatic heterocycles. The SMILES string of the molecule is NCC#Cc1ccsc1CN1C2CCC1CC(O)C2. The van der Waals surface area contributed by atoms with Crippen molar-refractivity contribution in [1.82, 2.24) is 4.90 Å². The van der Waals surface area contributed by atoms with E-state index in [1.807, 2.05) is 0 Å². The summed E-state index contributed by atoms with van der Waals surface area (Å²) in [5.74, 6) is 6.10. The largest absolute Gasteiger partial charge is 0.393 e. The van der Waals surface area contributed by atoms with Crippen LogP contribution in [0.3, 0.4) is 0 Å². The average Bonchev–Trinajstić information content (AvgIpc) is 2.92. The fourth-order valence-electron chi connectivity index (χ4n) is 3.39. The number of piperidine rings is 1. The van der Waals surface area contributed by atoms with Gasteiger partial charge < -0.3 is 10.8 Å². The second-order valence-electron chi connectivity index (χ2n) is 5.45.